The number of carbonyl (C=O) groups excluding carboxylic acids is 1. The van der Waals surface area contributed by atoms with E-state index in [-0.39, 0.29) is 26.4 Å². The van der Waals surface area contributed by atoms with E-state index in [1.807, 2.05) is 0 Å². The molecule has 1 aromatic rings. The van der Waals surface area contributed by atoms with E-state index in [4.69, 9.17) is 37.9 Å². The van der Waals surface area contributed by atoms with Crippen molar-refractivity contribution < 1.29 is 69.4 Å². The SMILES string of the molecule is CCCCCCCCOCCOCCOCCOCCOCCOCCOCCOCCC(=O)Oc1c(F)c(F)c(F)c(F)c1F. The predicted octanol–water partition coefficient (Wildman–Crippen LogP) is 5.17. The summed E-state index contributed by atoms with van der Waals surface area (Å²) in [6.07, 6.45) is 7.03. The highest BCUT2D eigenvalue weighted by molar-refractivity contribution is 5.72. The Morgan fingerprint density at radius 1 is 0.413 bits per heavy atom. The van der Waals surface area contributed by atoms with Crippen LogP contribution < -0.4 is 4.74 Å². The Labute approximate surface area is 268 Å². The van der Waals surface area contributed by atoms with Gasteiger partial charge in [-0.3, -0.25) is 4.79 Å². The molecule has 0 aliphatic carbocycles. The molecule has 0 spiro atoms. The maximum Gasteiger partial charge on any atom is 0.313 e. The number of rotatable bonds is 32. The zero-order valence-electron chi connectivity index (χ0n) is 26.7. The zero-order chi connectivity index (χ0) is 33.7. The van der Waals surface area contributed by atoms with Crippen LogP contribution in [0.2, 0.25) is 0 Å². The molecule has 46 heavy (non-hydrogen) atoms. The molecular weight excluding hydrogens is 627 g/mol. The Bertz CT molecular complexity index is 884. The lowest BCUT2D eigenvalue weighted by Crippen LogP contribution is -2.16. The van der Waals surface area contributed by atoms with Crippen LogP contribution in [0.5, 0.6) is 5.75 Å². The van der Waals surface area contributed by atoms with Crippen LogP contribution in [0.4, 0.5) is 22.0 Å². The second-order valence-electron chi connectivity index (χ2n) is 9.79. The third kappa shape index (κ3) is 21.0. The third-order valence-corrected chi connectivity index (χ3v) is 6.08. The van der Waals surface area contributed by atoms with Gasteiger partial charge in [0.1, 0.15) is 0 Å². The Morgan fingerprint density at radius 2 is 0.717 bits per heavy atom. The fourth-order valence-corrected chi connectivity index (χ4v) is 3.62. The van der Waals surface area contributed by atoms with Gasteiger partial charge in [-0.2, -0.15) is 8.78 Å². The molecule has 0 aromatic heterocycles. The van der Waals surface area contributed by atoms with Gasteiger partial charge in [-0.15, -0.1) is 0 Å². The molecule has 268 valence electrons. The van der Waals surface area contributed by atoms with Gasteiger partial charge in [-0.05, 0) is 6.42 Å². The van der Waals surface area contributed by atoms with E-state index >= 15 is 0 Å². The molecule has 0 unspecified atom stereocenters. The first-order valence-electron chi connectivity index (χ1n) is 15.7. The predicted molar refractivity (Wildman–Crippen MR) is 156 cm³/mol. The molecule has 10 nitrogen and oxygen atoms in total. The van der Waals surface area contributed by atoms with Crippen molar-refractivity contribution in [3.05, 3.63) is 29.1 Å². The second-order valence-corrected chi connectivity index (χ2v) is 9.79. The van der Waals surface area contributed by atoms with Crippen LogP contribution in [0.15, 0.2) is 0 Å². The van der Waals surface area contributed by atoms with E-state index in [2.05, 4.69) is 11.7 Å². The van der Waals surface area contributed by atoms with Gasteiger partial charge in [0, 0.05) is 6.61 Å². The molecule has 0 heterocycles. The first-order valence-corrected chi connectivity index (χ1v) is 15.7. The maximum atomic E-state index is 13.5. The quantitative estimate of drug-likeness (QED) is 0.0254. The summed E-state index contributed by atoms with van der Waals surface area (Å²) in [4.78, 5) is 11.6. The summed E-state index contributed by atoms with van der Waals surface area (Å²) in [5.41, 5.74) is 0. The summed E-state index contributed by atoms with van der Waals surface area (Å²) in [6, 6.07) is 0. The summed E-state index contributed by atoms with van der Waals surface area (Å²) in [5.74, 6) is -14.1. The summed E-state index contributed by atoms with van der Waals surface area (Å²) >= 11 is 0. The van der Waals surface area contributed by atoms with E-state index in [0.717, 1.165) is 13.0 Å². The minimum Gasteiger partial charge on any atom is -0.420 e. The second kappa shape index (κ2) is 29.2. The average molecular weight is 677 g/mol. The van der Waals surface area contributed by atoms with Gasteiger partial charge in [0.05, 0.1) is 106 Å². The van der Waals surface area contributed by atoms with E-state index in [0.29, 0.717) is 72.7 Å². The van der Waals surface area contributed by atoms with E-state index < -0.39 is 47.2 Å². The normalized spacial score (nSPS) is 11.4. The van der Waals surface area contributed by atoms with Crippen LogP contribution in [0.25, 0.3) is 0 Å². The van der Waals surface area contributed by atoms with Gasteiger partial charge >= 0.3 is 5.97 Å². The number of unbranched alkanes of at least 4 members (excludes halogenated alkanes) is 5. The lowest BCUT2D eigenvalue weighted by molar-refractivity contribution is -0.136. The van der Waals surface area contributed by atoms with Crippen LogP contribution in [0.1, 0.15) is 51.9 Å². The standard InChI is InChI=1S/C31H49F5O10/c1-2-3-4-5-6-7-9-38-11-13-40-15-17-42-19-21-44-23-24-45-22-20-43-18-16-41-14-12-39-10-8-25(37)46-31-29(35)27(33)26(32)28(34)30(31)36/h2-24H2,1H3. The molecule has 0 N–H and O–H groups in total. The van der Waals surface area contributed by atoms with E-state index in [1.165, 1.54) is 32.1 Å². The number of hydrogen-bond donors (Lipinski definition) is 0. The van der Waals surface area contributed by atoms with Gasteiger partial charge in [0.25, 0.3) is 0 Å². The average Bonchev–Trinajstić information content (AvgIpc) is 3.05. The van der Waals surface area contributed by atoms with Gasteiger partial charge in [0.2, 0.25) is 34.8 Å². The fraction of sp³-hybridized carbons (Fsp3) is 0.774. The molecule has 0 radical (unpaired) electrons. The molecule has 0 amide bonds. The van der Waals surface area contributed by atoms with Crippen molar-refractivity contribution in [1.82, 2.24) is 0 Å². The Hall–Kier alpha value is -1.98. The maximum absolute atomic E-state index is 13.5. The molecule has 1 rings (SSSR count). The van der Waals surface area contributed by atoms with Crippen molar-refractivity contribution in [1.29, 1.82) is 0 Å². The highest BCUT2D eigenvalue weighted by Gasteiger charge is 2.28. The van der Waals surface area contributed by atoms with E-state index in [9.17, 15) is 26.7 Å². The van der Waals surface area contributed by atoms with Crippen LogP contribution in [-0.2, 0) is 42.7 Å². The number of ether oxygens (including phenoxy) is 9. The van der Waals surface area contributed by atoms with Crippen molar-refractivity contribution >= 4 is 5.97 Å². The van der Waals surface area contributed by atoms with Gasteiger partial charge in [0.15, 0.2) is 0 Å². The summed E-state index contributed by atoms with van der Waals surface area (Å²) in [6.45, 7) is 8.43. The Kier molecular flexibility index (Phi) is 26.7. The summed E-state index contributed by atoms with van der Waals surface area (Å²) in [5, 5.41) is 0. The molecule has 0 saturated heterocycles. The Morgan fingerprint density at radius 3 is 1.11 bits per heavy atom. The molecule has 0 bridgehead atoms. The van der Waals surface area contributed by atoms with Crippen molar-refractivity contribution in [3.8, 4) is 5.75 Å². The lowest BCUT2D eigenvalue weighted by Gasteiger charge is -2.09. The van der Waals surface area contributed by atoms with Gasteiger partial charge in [-0.1, -0.05) is 39.0 Å². The molecule has 0 saturated carbocycles. The number of benzene rings is 1. The third-order valence-electron chi connectivity index (χ3n) is 6.08. The van der Waals surface area contributed by atoms with Crippen molar-refractivity contribution in [2.45, 2.75) is 51.9 Å². The summed E-state index contributed by atoms with van der Waals surface area (Å²) in [7, 11) is 0. The Balaban J connectivity index is 1.77. The topological polar surface area (TPSA) is 100 Å². The van der Waals surface area contributed by atoms with Gasteiger partial charge < -0.3 is 42.6 Å². The minimum atomic E-state index is -2.34. The highest BCUT2D eigenvalue weighted by atomic mass is 19.2. The molecule has 0 atom stereocenters. The molecule has 0 fully saturated rings. The van der Waals surface area contributed by atoms with Crippen LogP contribution in [0, 0.1) is 29.1 Å². The minimum absolute atomic E-state index is 0.0898. The highest BCUT2D eigenvalue weighted by Crippen LogP contribution is 2.29. The largest absolute Gasteiger partial charge is 0.420 e. The number of carbonyl (C=O) groups is 1. The number of esters is 1. The monoisotopic (exact) mass is 676 g/mol. The number of hydrogen-bond acceptors (Lipinski definition) is 10. The first kappa shape index (κ1) is 42.0. The lowest BCUT2D eigenvalue weighted by atomic mass is 10.1. The number of halogens is 5. The molecule has 15 heteroatoms. The van der Waals surface area contributed by atoms with Crippen molar-refractivity contribution in [2.75, 3.05) is 106 Å². The van der Waals surface area contributed by atoms with Crippen molar-refractivity contribution in [3.63, 3.8) is 0 Å². The van der Waals surface area contributed by atoms with Crippen LogP contribution in [-0.4, -0.2) is 112 Å². The zero-order valence-corrected chi connectivity index (χ0v) is 26.7. The molecule has 1 aromatic carbocycles. The van der Waals surface area contributed by atoms with Crippen LogP contribution in [0.3, 0.4) is 0 Å². The van der Waals surface area contributed by atoms with Crippen molar-refractivity contribution in [2.24, 2.45) is 0 Å². The van der Waals surface area contributed by atoms with Gasteiger partial charge in [-0.25, -0.2) is 13.2 Å². The molecule has 0 aliphatic rings. The summed E-state index contributed by atoms with van der Waals surface area (Å²) < 4.78 is 114. The first-order chi connectivity index (χ1) is 22.4. The molecular formula is C31H49F5O10. The van der Waals surface area contributed by atoms with E-state index in [1.54, 1.807) is 0 Å². The van der Waals surface area contributed by atoms with Crippen LogP contribution >= 0.6 is 0 Å². The fourth-order valence-electron chi connectivity index (χ4n) is 3.62. The molecule has 0 aliphatic heterocycles. The smallest absolute Gasteiger partial charge is 0.313 e.